The first-order chi connectivity index (χ1) is 12.4. The molecule has 1 unspecified atom stereocenters. The van der Waals surface area contributed by atoms with E-state index in [1.54, 1.807) is 14.2 Å². The number of hydrogen-bond donors (Lipinski definition) is 1. The van der Waals surface area contributed by atoms with Crippen LogP contribution in [0.3, 0.4) is 0 Å². The van der Waals surface area contributed by atoms with Crippen molar-refractivity contribution in [2.75, 3.05) is 21.3 Å². The second-order valence-corrected chi connectivity index (χ2v) is 7.02. The zero-order valence-corrected chi connectivity index (χ0v) is 16.2. The molecule has 0 bridgehead atoms. The number of carbonyl (C=O) groups excluding carboxylic acids is 1. The zero-order chi connectivity index (χ0) is 19.2. The second-order valence-electron chi connectivity index (χ2n) is 7.02. The summed E-state index contributed by atoms with van der Waals surface area (Å²) in [7, 11) is 5.11. The molecule has 1 aromatic carbocycles. The number of benzene rings is 1. The Hall–Kier alpha value is -2.26. The van der Waals surface area contributed by atoms with Gasteiger partial charge in [0.05, 0.1) is 26.3 Å². The third-order valence-electron chi connectivity index (χ3n) is 5.20. The number of carbonyl (C=O) groups is 1. The molecule has 1 N–H and O–H groups in total. The molecule has 0 aliphatic heterocycles. The second kappa shape index (κ2) is 8.91. The van der Waals surface area contributed by atoms with E-state index in [1.165, 1.54) is 0 Å². The molecule has 6 heteroatoms. The average molecular weight is 359 g/mol. The van der Waals surface area contributed by atoms with Crippen LogP contribution in [0.25, 0.3) is 0 Å². The first kappa shape index (κ1) is 20.1. The number of hydrogen-bond acceptors (Lipinski definition) is 5. The fourth-order valence-electron chi connectivity index (χ4n) is 3.36. The summed E-state index contributed by atoms with van der Waals surface area (Å²) in [6.45, 7) is 2.46. The minimum absolute atomic E-state index is 0.101. The van der Waals surface area contributed by atoms with E-state index in [-0.39, 0.29) is 11.9 Å². The highest BCUT2D eigenvalue weighted by atomic mass is 16.5. The Balaban J connectivity index is 2.01. The van der Waals surface area contributed by atoms with Crippen molar-refractivity contribution in [2.24, 2.45) is 0 Å². The third-order valence-corrected chi connectivity index (χ3v) is 5.20. The summed E-state index contributed by atoms with van der Waals surface area (Å²) in [4.78, 5) is 14.6. The van der Waals surface area contributed by atoms with E-state index in [9.17, 15) is 10.1 Å². The molecule has 0 spiro atoms. The number of likely N-dealkylation sites (N-methyl/N-ethyl adjacent to an activating group) is 1. The van der Waals surface area contributed by atoms with Crippen molar-refractivity contribution in [3.63, 3.8) is 0 Å². The predicted octanol–water partition coefficient (Wildman–Crippen LogP) is 2.87. The molecule has 0 heterocycles. The van der Waals surface area contributed by atoms with E-state index < -0.39 is 5.54 Å². The number of nitriles is 1. The number of nitrogens with one attached hydrogen (secondary N) is 1. The van der Waals surface area contributed by atoms with Gasteiger partial charge in [0.1, 0.15) is 5.54 Å². The summed E-state index contributed by atoms with van der Waals surface area (Å²) in [6, 6.07) is 7.73. The lowest BCUT2D eigenvalue weighted by atomic mass is 9.82. The van der Waals surface area contributed by atoms with Gasteiger partial charge in [0.25, 0.3) is 0 Å². The summed E-state index contributed by atoms with van der Waals surface area (Å²) >= 11 is 0. The van der Waals surface area contributed by atoms with Gasteiger partial charge in [-0.15, -0.1) is 0 Å². The molecule has 1 fully saturated rings. The van der Waals surface area contributed by atoms with Gasteiger partial charge in [0.15, 0.2) is 11.5 Å². The highest BCUT2D eigenvalue weighted by Crippen LogP contribution is 2.29. The molecule has 0 aromatic heterocycles. The van der Waals surface area contributed by atoms with Crippen LogP contribution in [0.5, 0.6) is 11.5 Å². The zero-order valence-electron chi connectivity index (χ0n) is 16.2. The van der Waals surface area contributed by atoms with E-state index in [2.05, 4.69) is 11.4 Å². The Morgan fingerprint density at radius 3 is 2.50 bits per heavy atom. The summed E-state index contributed by atoms with van der Waals surface area (Å²) in [5.41, 5.74) is 0.325. The minimum Gasteiger partial charge on any atom is -0.493 e. The normalized spacial score (nSPS) is 17.2. The summed E-state index contributed by atoms with van der Waals surface area (Å²) < 4.78 is 10.6. The fraction of sp³-hybridized carbons (Fsp3) is 0.600. The van der Waals surface area contributed by atoms with Gasteiger partial charge >= 0.3 is 0 Å². The molecule has 0 saturated heterocycles. The Kier molecular flexibility index (Phi) is 6.87. The lowest BCUT2D eigenvalue weighted by molar-refractivity contribution is -0.127. The lowest BCUT2D eigenvalue weighted by Gasteiger charge is -2.34. The lowest BCUT2D eigenvalue weighted by Crippen LogP contribution is -2.54. The molecule has 1 aliphatic carbocycles. The van der Waals surface area contributed by atoms with E-state index in [4.69, 9.17) is 9.47 Å². The van der Waals surface area contributed by atoms with Gasteiger partial charge in [-0.2, -0.15) is 5.26 Å². The van der Waals surface area contributed by atoms with Crippen LogP contribution in [0.1, 0.15) is 44.6 Å². The number of ether oxygens (including phenoxy) is 2. The molecular formula is C20H29N3O3. The molecular weight excluding hydrogens is 330 g/mol. The van der Waals surface area contributed by atoms with Gasteiger partial charge in [0, 0.05) is 6.54 Å². The van der Waals surface area contributed by atoms with Gasteiger partial charge < -0.3 is 14.8 Å². The maximum Gasteiger partial charge on any atom is 0.238 e. The molecule has 0 radical (unpaired) electrons. The Morgan fingerprint density at radius 2 is 1.92 bits per heavy atom. The molecule has 26 heavy (non-hydrogen) atoms. The van der Waals surface area contributed by atoms with Crippen LogP contribution < -0.4 is 14.8 Å². The van der Waals surface area contributed by atoms with Crippen LogP contribution in [0.2, 0.25) is 0 Å². The van der Waals surface area contributed by atoms with Crippen molar-refractivity contribution in [3.05, 3.63) is 23.8 Å². The molecule has 1 atom stereocenters. The number of rotatable bonds is 7. The molecule has 1 amide bonds. The van der Waals surface area contributed by atoms with Crippen LogP contribution in [-0.2, 0) is 11.3 Å². The van der Waals surface area contributed by atoms with Crippen LogP contribution in [-0.4, -0.2) is 43.7 Å². The van der Waals surface area contributed by atoms with Crippen molar-refractivity contribution in [1.82, 2.24) is 10.2 Å². The van der Waals surface area contributed by atoms with Gasteiger partial charge in [-0.3, -0.25) is 9.69 Å². The van der Waals surface area contributed by atoms with Gasteiger partial charge in [-0.1, -0.05) is 25.3 Å². The molecule has 1 aromatic rings. The van der Waals surface area contributed by atoms with Crippen molar-refractivity contribution < 1.29 is 14.3 Å². The van der Waals surface area contributed by atoms with Crippen LogP contribution >= 0.6 is 0 Å². The summed E-state index contributed by atoms with van der Waals surface area (Å²) in [6.07, 6.45) is 4.59. The molecule has 1 aliphatic rings. The quantitative estimate of drug-likeness (QED) is 0.810. The predicted molar refractivity (Wildman–Crippen MR) is 100 cm³/mol. The SMILES string of the molecule is COc1ccc(CN(C)C(C)C(=O)NC2(C#N)CCCCC2)cc1OC. The monoisotopic (exact) mass is 359 g/mol. The first-order valence-corrected chi connectivity index (χ1v) is 9.09. The highest BCUT2D eigenvalue weighted by Gasteiger charge is 2.35. The topological polar surface area (TPSA) is 74.6 Å². The van der Waals surface area contributed by atoms with E-state index in [0.29, 0.717) is 18.0 Å². The van der Waals surface area contributed by atoms with Gasteiger partial charge in [0.2, 0.25) is 5.91 Å². The highest BCUT2D eigenvalue weighted by molar-refractivity contribution is 5.82. The van der Waals surface area contributed by atoms with Crippen LogP contribution in [0, 0.1) is 11.3 Å². The van der Waals surface area contributed by atoms with E-state index in [0.717, 1.165) is 37.7 Å². The average Bonchev–Trinajstić information content (AvgIpc) is 2.67. The third kappa shape index (κ3) is 4.67. The van der Waals surface area contributed by atoms with Crippen molar-refractivity contribution in [3.8, 4) is 17.6 Å². The maximum atomic E-state index is 12.7. The van der Waals surface area contributed by atoms with Crippen molar-refractivity contribution in [2.45, 2.75) is 57.2 Å². The van der Waals surface area contributed by atoms with E-state index >= 15 is 0 Å². The molecule has 2 rings (SSSR count). The van der Waals surface area contributed by atoms with Crippen molar-refractivity contribution >= 4 is 5.91 Å². The van der Waals surface area contributed by atoms with Crippen LogP contribution in [0.4, 0.5) is 0 Å². The minimum atomic E-state index is -0.701. The smallest absolute Gasteiger partial charge is 0.238 e. The van der Waals surface area contributed by atoms with Crippen molar-refractivity contribution in [1.29, 1.82) is 5.26 Å². The maximum absolute atomic E-state index is 12.7. The van der Waals surface area contributed by atoms with Gasteiger partial charge in [-0.05, 0) is 44.5 Å². The van der Waals surface area contributed by atoms with E-state index in [1.807, 2.05) is 37.1 Å². The van der Waals surface area contributed by atoms with Gasteiger partial charge in [-0.25, -0.2) is 0 Å². The summed E-state index contributed by atoms with van der Waals surface area (Å²) in [5.74, 6) is 1.25. The Bertz CT molecular complexity index is 663. The largest absolute Gasteiger partial charge is 0.493 e. The summed E-state index contributed by atoms with van der Waals surface area (Å²) in [5, 5.41) is 12.6. The van der Waals surface area contributed by atoms with Crippen LogP contribution in [0.15, 0.2) is 18.2 Å². The molecule has 1 saturated carbocycles. The number of nitrogens with zero attached hydrogens (tertiary/aromatic N) is 2. The number of amides is 1. The first-order valence-electron chi connectivity index (χ1n) is 9.09. The molecule has 6 nitrogen and oxygen atoms in total. The Morgan fingerprint density at radius 1 is 1.27 bits per heavy atom. The Labute approximate surface area is 156 Å². The molecule has 142 valence electrons. The standard InChI is InChI=1S/C20H29N3O3/c1-15(19(24)22-20(14-21)10-6-5-7-11-20)23(2)13-16-8-9-17(25-3)18(12-16)26-4/h8-9,12,15H,5-7,10-11,13H2,1-4H3,(H,22,24). The number of methoxy groups -OCH3 is 2. The fourth-order valence-corrected chi connectivity index (χ4v) is 3.36.